The van der Waals surface area contributed by atoms with Crippen molar-refractivity contribution in [2.75, 3.05) is 10.6 Å². The Morgan fingerprint density at radius 3 is 2.54 bits per heavy atom. The molecule has 0 saturated heterocycles. The molecular weight excluding hydrogens is 313 g/mol. The number of para-hydroxylation sites is 1. The number of benzene rings is 2. The summed E-state index contributed by atoms with van der Waals surface area (Å²) in [5.74, 6) is -1.78. The van der Waals surface area contributed by atoms with Crippen molar-refractivity contribution in [2.24, 2.45) is 0 Å². The molecule has 6 nitrogen and oxygen atoms in total. The molecule has 2 aromatic rings. The molecule has 3 rings (SSSR count). The predicted molar refractivity (Wildman–Crippen MR) is 86.0 cm³/mol. The minimum Gasteiger partial charge on any atom is -0.340 e. The van der Waals surface area contributed by atoms with E-state index in [1.165, 1.54) is 24.3 Å². The average molecular weight is 327 g/mol. The second-order valence-electron chi connectivity index (χ2n) is 5.32. The molecule has 3 N–H and O–H groups in total. The molecule has 2 aromatic carbocycles. The smallest absolute Gasteiger partial charge is 0.254 e. The molecule has 1 aliphatic heterocycles. The summed E-state index contributed by atoms with van der Waals surface area (Å²) in [6.07, 6.45) is -0.233. The lowest BCUT2D eigenvalue weighted by molar-refractivity contribution is -0.122. The fourth-order valence-electron chi connectivity index (χ4n) is 2.39. The molecule has 0 saturated carbocycles. The number of hydrogen-bond acceptors (Lipinski definition) is 3. The fraction of sp³-hybridized carbons (Fsp3) is 0.118. The van der Waals surface area contributed by atoms with Gasteiger partial charge in [-0.25, -0.2) is 4.39 Å². The summed E-state index contributed by atoms with van der Waals surface area (Å²) in [6, 6.07) is 10.9. The van der Waals surface area contributed by atoms with Gasteiger partial charge in [0.05, 0.1) is 17.7 Å². The largest absolute Gasteiger partial charge is 0.340 e. The first-order chi connectivity index (χ1) is 11.5. The number of amides is 3. The lowest BCUT2D eigenvalue weighted by Gasteiger charge is -2.14. The Bertz CT molecular complexity index is 805. The summed E-state index contributed by atoms with van der Waals surface area (Å²) in [5.41, 5.74) is 1.15. The molecule has 122 valence electrons. The van der Waals surface area contributed by atoms with Crippen LogP contribution in [-0.2, 0) is 9.59 Å². The van der Waals surface area contributed by atoms with Crippen LogP contribution in [0.1, 0.15) is 16.8 Å². The summed E-state index contributed by atoms with van der Waals surface area (Å²) < 4.78 is 12.9. The second kappa shape index (κ2) is 6.49. The maximum Gasteiger partial charge on any atom is 0.254 e. The van der Waals surface area contributed by atoms with Crippen molar-refractivity contribution >= 4 is 29.1 Å². The maximum absolute atomic E-state index is 12.9. The zero-order valence-electron chi connectivity index (χ0n) is 12.5. The number of rotatable bonds is 3. The summed E-state index contributed by atoms with van der Waals surface area (Å²) in [4.78, 5) is 36.4. The molecule has 0 radical (unpaired) electrons. The Morgan fingerprint density at radius 1 is 1.08 bits per heavy atom. The zero-order chi connectivity index (χ0) is 17.1. The molecule has 0 bridgehead atoms. The van der Waals surface area contributed by atoms with Crippen LogP contribution in [0.15, 0.2) is 48.5 Å². The highest BCUT2D eigenvalue weighted by molar-refractivity contribution is 6.11. The predicted octanol–water partition coefficient (Wildman–Crippen LogP) is 1.90. The van der Waals surface area contributed by atoms with Crippen LogP contribution in [0.25, 0.3) is 0 Å². The Balaban J connectivity index is 1.69. The van der Waals surface area contributed by atoms with Crippen LogP contribution >= 0.6 is 0 Å². The van der Waals surface area contributed by atoms with E-state index in [9.17, 15) is 18.8 Å². The third-order valence-corrected chi connectivity index (χ3v) is 3.57. The Hall–Kier alpha value is -3.22. The molecule has 1 aliphatic rings. The third-order valence-electron chi connectivity index (χ3n) is 3.57. The monoisotopic (exact) mass is 327 g/mol. The molecule has 0 aromatic heterocycles. The van der Waals surface area contributed by atoms with Crippen molar-refractivity contribution in [3.63, 3.8) is 0 Å². The van der Waals surface area contributed by atoms with Crippen LogP contribution in [0.5, 0.6) is 0 Å². The van der Waals surface area contributed by atoms with Crippen LogP contribution in [0.4, 0.5) is 15.8 Å². The summed E-state index contributed by atoms with van der Waals surface area (Å²) in [7, 11) is 0. The Labute approximate surface area is 137 Å². The van der Waals surface area contributed by atoms with Gasteiger partial charge >= 0.3 is 0 Å². The third kappa shape index (κ3) is 3.40. The van der Waals surface area contributed by atoms with E-state index in [0.717, 1.165) is 0 Å². The molecule has 24 heavy (non-hydrogen) atoms. The lowest BCUT2D eigenvalue weighted by atomic mass is 10.1. The first kappa shape index (κ1) is 15.7. The van der Waals surface area contributed by atoms with Gasteiger partial charge < -0.3 is 16.0 Å². The molecule has 0 spiro atoms. The second-order valence-corrected chi connectivity index (χ2v) is 5.32. The van der Waals surface area contributed by atoms with Crippen LogP contribution in [0, 0.1) is 5.82 Å². The van der Waals surface area contributed by atoms with Crippen molar-refractivity contribution < 1.29 is 18.8 Å². The highest BCUT2D eigenvalue weighted by Gasteiger charge is 2.29. The van der Waals surface area contributed by atoms with Crippen LogP contribution in [0.3, 0.4) is 0 Å². The number of nitrogens with one attached hydrogen (secondary N) is 3. The number of fused-ring (bicyclic) bond motifs is 1. The van der Waals surface area contributed by atoms with Crippen LogP contribution in [-0.4, -0.2) is 23.8 Å². The number of carbonyl (C=O) groups excluding carboxylic acids is 3. The summed E-state index contributed by atoms with van der Waals surface area (Å²) >= 11 is 0. The van der Waals surface area contributed by atoms with Gasteiger partial charge in [-0.2, -0.15) is 0 Å². The van der Waals surface area contributed by atoms with Crippen molar-refractivity contribution in [3.05, 3.63) is 59.9 Å². The number of anilines is 2. The van der Waals surface area contributed by atoms with Gasteiger partial charge in [-0.1, -0.05) is 12.1 Å². The number of carbonyl (C=O) groups is 3. The Morgan fingerprint density at radius 2 is 1.79 bits per heavy atom. The fourth-order valence-corrected chi connectivity index (χ4v) is 2.39. The lowest BCUT2D eigenvalue weighted by Crippen LogP contribution is -2.43. The number of hydrogen-bond donors (Lipinski definition) is 3. The van der Waals surface area contributed by atoms with Crippen molar-refractivity contribution in [3.8, 4) is 0 Å². The SMILES string of the molecule is O=C(C[C@H]1NC(=O)c2ccccc2NC1=O)Nc1ccc(F)cc1. The van der Waals surface area contributed by atoms with Gasteiger partial charge in [0.15, 0.2) is 0 Å². The maximum atomic E-state index is 12.9. The van der Waals surface area contributed by atoms with Gasteiger partial charge in [0.25, 0.3) is 5.91 Å². The topological polar surface area (TPSA) is 87.3 Å². The van der Waals surface area contributed by atoms with Crippen LogP contribution in [0.2, 0.25) is 0 Å². The normalized spacial score (nSPS) is 16.5. The van der Waals surface area contributed by atoms with E-state index >= 15 is 0 Å². The van der Waals surface area contributed by atoms with E-state index in [2.05, 4.69) is 16.0 Å². The minimum absolute atomic E-state index is 0.233. The van der Waals surface area contributed by atoms with Crippen molar-refractivity contribution in [1.82, 2.24) is 5.32 Å². The average Bonchev–Trinajstić information content (AvgIpc) is 2.67. The first-order valence-electron chi connectivity index (χ1n) is 7.29. The first-order valence-corrected chi connectivity index (χ1v) is 7.29. The molecule has 0 unspecified atom stereocenters. The van der Waals surface area contributed by atoms with E-state index in [1.54, 1.807) is 24.3 Å². The van der Waals surface area contributed by atoms with Crippen molar-refractivity contribution in [1.29, 1.82) is 0 Å². The minimum atomic E-state index is -0.995. The molecule has 1 heterocycles. The van der Waals surface area contributed by atoms with E-state index in [0.29, 0.717) is 16.9 Å². The quantitative estimate of drug-likeness (QED) is 0.805. The van der Waals surface area contributed by atoms with Gasteiger partial charge in [0.1, 0.15) is 11.9 Å². The van der Waals surface area contributed by atoms with Gasteiger partial charge in [0.2, 0.25) is 11.8 Å². The zero-order valence-corrected chi connectivity index (χ0v) is 12.5. The van der Waals surface area contributed by atoms with Gasteiger partial charge in [-0.3, -0.25) is 14.4 Å². The van der Waals surface area contributed by atoms with E-state index in [4.69, 9.17) is 0 Å². The molecule has 0 fully saturated rings. The molecule has 1 atom stereocenters. The van der Waals surface area contributed by atoms with Crippen LogP contribution < -0.4 is 16.0 Å². The van der Waals surface area contributed by atoms with Gasteiger partial charge in [-0.15, -0.1) is 0 Å². The van der Waals surface area contributed by atoms with E-state index < -0.39 is 29.6 Å². The van der Waals surface area contributed by atoms with Gasteiger partial charge in [-0.05, 0) is 36.4 Å². The highest BCUT2D eigenvalue weighted by Crippen LogP contribution is 2.19. The van der Waals surface area contributed by atoms with E-state index in [1.807, 2.05) is 0 Å². The molecular formula is C17H14FN3O3. The molecule has 7 heteroatoms. The number of halogens is 1. The van der Waals surface area contributed by atoms with Gasteiger partial charge in [0, 0.05) is 5.69 Å². The Kier molecular flexibility index (Phi) is 4.24. The standard InChI is InChI=1S/C17H14FN3O3/c18-10-5-7-11(8-6-10)19-15(22)9-14-17(24)20-13-4-2-1-3-12(13)16(23)21-14/h1-8,14H,9H2,(H,19,22)(H,20,24)(H,21,23)/t14-/m1/s1. The summed E-state index contributed by atoms with van der Waals surface area (Å²) in [5, 5.41) is 7.72. The van der Waals surface area contributed by atoms with Crippen molar-refractivity contribution in [2.45, 2.75) is 12.5 Å². The molecule has 3 amide bonds. The van der Waals surface area contributed by atoms with E-state index in [-0.39, 0.29) is 6.42 Å². The highest BCUT2D eigenvalue weighted by atomic mass is 19.1. The molecule has 0 aliphatic carbocycles. The summed E-state index contributed by atoms with van der Waals surface area (Å²) in [6.45, 7) is 0.